The Morgan fingerprint density at radius 2 is 2.47 bits per heavy atom. The number of nitrogens with two attached hydrogens (primary N) is 1. The quantitative estimate of drug-likeness (QED) is 0.746. The molecule has 0 radical (unpaired) electrons. The summed E-state index contributed by atoms with van der Waals surface area (Å²) in [6, 6.07) is 0.624. The molecule has 2 unspecified atom stereocenters. The molecule has 1 amide bonds. The van der Waals surface area contributed by atoms with Crippen LogP contribution in [0.25, 0.3) is 0 Å². The van der Waals surface area contributed by atoms with Gasteiger partial charge in [0.15, 0.2) is 5.17 Å². The van der Waals surface area contributed by atoms with Crippen LogP contribution >= 0.6 is 11.8 Å². The number of carbonyl (C=O) groups is 1. The molecule has 1 aliphatic carbocycles. The fraction of sp³-hybridized carbons (Fsp3) is 0.800. The van der Waals surface area contributed by atoms with Gasteiger partial charge in [-0.3, -0.25) is 9.79 Å². The number of nitrogens with one attached hydrogen (secondary N) is 1. The zero-order valence-corrected chi connectivity index (χ0v) is 9.55. The average Bonchev–Trinajstić information content (AvgIpc) is 2.64. The fourth-order valence-electron chi connectivity index (χ4n) is 2.17. The second kappa shape index (κ2) is 4.88. The molecule has 15 heavy (non-hydrogen) atoms. The molecule has 1 heterocycles. The van der Waals surface area contributed by atoms with E-state index in [9.17, 15) is 4.79 Å². The highest BCUT2D eigenvalue weighted by Gasteiger charge is 2.31. The maximum absolute atomic E-state index is 10.5. The zero-order valence-electron chi connectivity index (χ0n) is 8.74. The van der Waals surface area contributed by atoms with Crippen molar-refractivity contribution < 1.29 is 4.79 Å². The van der Waals surface area contributed by atoms with Gasteiger partial charge in [0.05, 0.1) is 6.54 Å². The summed E-state index contributed by atoms with van der Waals surface area (Å²) in [5.41, 5.74) is 5.06. The number of rotatable bonds is 3. The molecule has 3 N–H and O–H groups in total. The summed E-state index contributed by atoms with van der Waals surface area (Å²) in [5.74, 6) is 1.72. The molecule has 1 aliphatic heterocycles. The van der Waals surface area contributed by atoms with Crippen LogP contribution in [0.2, 0.25) is 0 Å². The maximum atomic E-state index is 10.5. The van der Waals surface area contributed by atoms with Crippen molar-refractivity contribution in [1.29, 1.82) is 0 Å². The van der Waals surface area contributed by atoms with E-state index >= 15 is 0 Å². The first kappa shape index (κ1) is 10.8. The minimum absolute atomic E-state index is 0.279. The van der Waals surface area contributed by atoms with Gasteiger partial charge in [0.25, 0.3) is 0 Å². The topological polar surface area (TPSA) is 67.5 Å². The Balaban J connectivity index is 1.81. The SMILES string of the molecule is NC(=O)CCN=C1NC2CCCC2CS1. The van der Waals surface area contributed by atoms with Gasteiger partial charge < -0.3 is 11.1 Å². The molecule has 2 aliphatic rings. The van der Waals surface area contributed by atoms with Crippen LogP contribution in [-0.4, -0.2) is 29.4 Å². The number of hydrogen-bond acceptors (Lipinski definition) is 3. The van der Waals surface area contributed by atoms with E-state index in [1.54, 1.807) is 11.8 Å². The summed E-state index contributed by atoms with van der Waals surface area (Å²) in [4.78, 5) is 14.9. The van der Waals surface area contributed by atoms with E-state index in [0.717, 1.165) is 11.1 Å². The van der Waals surface area contributed by atoms with Gasteiger partial charge in [-0.1, -0.05) is 18.2 Å². The molecule has 2 fully saturated rings. The van der Waals surface area contributed by atoms with Gasteiger partial charge in [-0.2, -0.15) is 0 Å². The standard InChI is InChI=1S/C10H17N3OS/c11-9(14)4-5-12-10-13-8-3-1-2-7(8)6-15-10/h7-8H,1-6H2,(H2,11,14)(H,12,13). The van der Waals surface area contributed by atoms with Crippen molar-refractivity contribution >= 4 is 22.8 Å². The van der Waals surface area contributed by atoms with Crippen molar-refractivity contribution in [3.8, 4) is 0 Å². The highest BCUT2D eigenvalue weighted by molar-refractivity contribution is 8.13. The van der Waals surface area contributed by atoms with Gasteiger partial charge in [0.1, 0.15) is 0 Å². The van der Waals surface area contributed by atoms with Crippen molar-refractivity contribution in [1.82, 2.24) is 5.32 Å². The van der Waals surface area contributed by atoms with E-state index < -0.39 is 0 Å². The summed E-state index contributed by atoms with van der Waals surface area (Å²) in [7, 11) is 0. The third-order valence-electron chi connectivity index (χ3n) is 3.02. The number of thioether (sulfide) groups is 1. The number of amides is 1. The molecular weight excluding hydrogens is 210 g/mol. The fourth-order valence-corrected chi connectivity index (χ4v) is 3.36. The summed E-state index contributed by atoms with van der Waals surface area (Å²) in [6.45, 7) is 0.516. The van der Waals surface area contributed by atoms with Crippen molar-refractivity contribution in [3.63, 3.8) is 0 Å². The molecule has 0 bridgehead atoms. The van der Waals surface area contributed by atoms with Crippen LogP contribution in [0.5, 0.6) is 0 Å². The molecule has 2 rings (SSSR count). The second-order valence-electron chi connectivity index (χ2n) is 4.16. The van der Waals surface area contributed by atoms with Crippen LogP contribution in [0.15, 0.2) is 4.99 Å². The zero-order chi connectivity index (χ0) is 10.7. The van der Waals surface area contributed by atoms with Gasteiger partial charge in [0, 0.05) is 18.2 Å². The molecule has 0 aromatic carbocycles. The molecule has 0 aromatic rings. The lowest BCUT2D eigenvalue weighted by Gasteiger charge is -2.27. The van der Waals surface area contributed by atoms with Crippen LogP contribution in [0.1, 0.15) is 25.7 Å². The lowest BCUT2D eigenvalue weighted by molar-refractivity contribution is -0.117. The highest BCUT2D eigenvalue weighted by Crippen LogP contribution is 2.32. The number of amidine groups is 1. The number of primary amides is 1. The maximum Gasteiger partial charge on any atom is 0.219 e. The molecule has 5 heteroatoms. The van der Waals surface area contributed by atoms with E-state index in [2.05, 4.69) is 10.3 Å². The van der Waals surface area contributed by atoms with Crippen molar-refractivity contribution in [2.75, 3.05) is 12.3 Å². The van der Waals surface area contributed by atoms with Crippen LogP contribution in [0.4, 0.5) is 0 Å². The molecule has 1 saturated carbocycles. The largest absolute Gasteiger partial charge is 0.370 e. The number of aliphatic imine (C=N–C) groups is 1. The van der Waals surface area contributed by atoms with Crippen molar-refractivity contribution in [3.05, 3.63) is 0 Å². The number of fused-ring (bicyclic) bond motifs is 1. The first-order chi connectivity index (χ1) is 7.25. The van der Waals surface area contributed by atoms with Gasteiger partial charge in [0.2, 0.25) is 5.91 Å². The third kappa shape index (κ3) is 2.87. The number of hydrogen-bond donors (Lipinski definition) is 2. The van der Waals surface area contributed by atoms with E-state index in [-0.39, 0.29) is 5.91 Å². The van der Waals surface area contributed by atoms with Gasteiger partial charge in [-0.15, -0.1) is 0 Å². The molecule has 0 aromatic heterocycles. The van der Waals surface area contributed by atoms with Gasteiger partial charge >= 0.3 is 0 Å². The first-order valence-corrected chi connectivity index (χ1v) is 6.46. The number of nitrogens with zero attached hydrogens (tertiary/aromatic N) is 1. The minimum Gasteiger partial charge on any atom is -0.370 e. The van der Waals surface area contributed by atoms with Crippen molar-refractivity contribution in [2.45, 2.75) is 31.7 Å². The highest BCUT2D eigenvalue weighted by atomic mass is 32.2. The third-order valence-corrected chi connectivity index (χ3v) is 4.13. The number of carbonyl (C=O) groups excluding carboxylic acids is 1. The molecule has 84 valence electrons. The van der Waals surface area contributed by atoms with Crippen LogP contribution in [-0.2, 0) is 4.79 Å². The predicted molar refractivity (Wildman–Crippen MR) is 62.8 cm³/mol. The monoisotopic (exact) mass is 227 g/mol. The summed E-state index contributed by atoms with van der Waals surface area (Å²) in [5, 5.41) is 4.45. The van der Waals surface area contributed by atoms with Crippen LogP contribution in [0, 0.1) is 5.92 Å². The average molecular weight is 227 g/mol. The van der Waals surface area contributed by atoms with Crippen LogP contribution in [0.3, 0.4) is 0 Å². The Hall–Kier alpha value is -0.710. The summed E-state index contributed by atoms with van der Waals surface area (Å²) < 4.78 is 0. The van der Waals surface area contributed by atoms with Crippen LogP contribution < -0.4 is 11.1 Å². The summed E-state index contributed by atoms with van der Waals surface area (Å²) >= 11 is 1.78. The second-order valence-corrected chi connectivity index (χ2v) is 5.16. The lowest BCUT2D eigenvalue weighted by Crippen LogP contribution is -2.41. The Morgan fingerprint density at radius 3 is 3.27 bits per heavy atom. The lowest BCUT2D eigenvalue weighted by atomic mass is 10.1. The smallest absolute Gasteiger partial charge is 0.219 e. The normalized spacial score (nSPS) is 32.4. The van der Waals surface area contributed by atoms with Crippen molar-refractivity contribution in [2.24, 2.45) is 16.6 Å². The molecular formula is C10H17N3OS. The minimum atomic E-state index is -0.279. The Morgan fingerprint density at radius 1 is 1.60 bits per heavy atom. The van der Waals surface area contributed by atoms with Gasteiger partial charge in [-0.25, -0.2) is 0 Å². The Bertz CT molecular complexity index is 280. The Kier molecular flexibility index (Phi) is 3.51. The van der Waals surface area contributed by atoms with E-state index in [4.69, 9.17) is 5.73 Å². The van der Waals surface area contributed by atoms with Gasteiger partial charge in [-0.05, 0) is 18.8 Å². The molecule has 2 atom stereocenters. The molecule has 4 nitrogen and oxygen atoms in total. The van der Waals surface area contributed by atoms with E-state index in [0.29, 0.717) is 19.0 Å². The predicted octanol–water partition coefficient (Wildman–Crippen LogP) is 0.723. The van der Waals surface area contributed by atoms with E-state index in [1.807, 2.05) is 0 Å². The Labute approximate surface area is 94.1 Å². The van der Waals surface area contributed by atoms with E-state index in [1.165, 1.54) is 25.0 Å². The molecule has 1 saturated heterocycles. The molecule has 0 spiro atoms. The first-order valence-electron chi connectivity index (χ1n) is 5.48. The summed E-state index contributed by atoms with van der Waals surface area (Å²) in [6.07, 6.45) is 4.29.